The fraction of sp³-hybridized carbons (Fsp3) is 0.278. The van der Waals surface area contributed by atoms with Crippen LogP contribution in [0.15, 0.2) is 42.5 Å². The number of nitro groups is 1. The molecule has 0 heterocycles. The van der Waals surface area contributed by atoms with E-state index in [9.17, 15) is 23.3 Å². The summed E-state index contributed by atoms with van der Waals surface area (Å²) in [6, 6.07) is 8.72. The van der Waals surface area contributed by atoms with E-state index < -0.39 is 26.9 Å². The number of anilines is 2. The molecule has 0 radical (unpaired) electrons. The van der Waals surface area contributed by atoms with Crippen LogP contribution in [0.2, 0.25) is 0 Å². The largest absolute Gasteiger partial charge is 0.497 e. The number of carbonyl (C=O) groups excluding carboxylic acids is 1. The van der Waals surface area contributed by atoms with E-state index in [4.69, 9.17) is 9.47 Å². The average molecular weight is 423 g/mol. The molecule has 0 aromatic heterocycles. The number of nitrogens with zero attached hydrogens (tertiary/aromatic N) is 2. The predicted molar refractivity (Wildman–Crippen MR) is 108 cm³/mol. The third-order valence-corrected chi connectivity index (χ3v) is 5.26. The molecule has 2 aromatic rings. The van der Waals surface area contributed by atoms with Crippen LogP contribution < -0.4 is 19.1 Å². The Morgan fingerprint density at radius 3 is 2.41 bits per heavy atom. The minimum Gasteiger partial charge on any atom is -0.497 e. The Labute approximate surface area is 168 Å². The number of amides is 1. The van der Waals surface area contributed by atoms with Gasteiger partial charge in [-0.25, -0.2) is 8.42 Å². The molecule has 10 nitrogen and oxygen atoms in total. The van der Waals surface area contributed by atoms with Gasteiger partial charge in [-0.1, -0.05) is 6.07 Å². The Morgan fingerprint density at radius 1 is 1.17 bits per heavy atom. The molecule has 156 valence electrons. The van der Waals surface area contributed by atoms with Crippen molar-refractivity contribution in [2.45, 2.75) is 13.0 Å². The van der Waals surface area contributed by atoms with Gasteiger partial charge in [0.1, 0.15) is 17.5 Å². The van der Waals surface area contributed by atoms with Crippen molar-refractivity contribution in [3.63, 3.8) is 0 Å². The number of hydrogen-bond donors (Lipinski definition) is 1. The number of sulfonamides is 1. The number of methoxy groups -OCH3 is 2. The van der Waals surface area contributed by atoms with Gasteiger partial charge in [0, 0.05) is 23.9 Å². The summed E-state index contributed by atoms with van der Waals surface area (Å²) in [4.78, 5) is 23.1. The van der Waals surface area contributed by atoms with Crippen molar-refractivity contribution in [1.82, 2.24) is 0 Å². The summed E-state index contributed by atoms with van der Waals surface area (Å²) < 4.78 is 36.3. The summed E-state index contributed by atoms with van der Waals surface area (Å²) in [5.41, 5.74) is 0.0861. The number of nitro benzene ring substituents is 1. The van der Waals surface area contributed by atoms with E-state index in [1.807, 2.05) is 0 Å². The van der Waals surface area contributed by atoms with Gasteiger partial charge in [-0.15, -0.1) is 0 Å². The lowest BCUT2D eigenvalue weighted by Gasteiger charge is -2.29. The minimum atomic E-state index is -3.90. The molecule has 0 saturated heterocycles. The highest BCUT2D eigenvalue weighted by molar-refractivity contribution is 7.92. The zero-order valence-corrected chi connectivity index (χ0v) is 17.1. The molecular formula is C18H21N3O7S. The van der Waals surface area contributed by atoms with Crippen LogP contribution >= 0.6 is 0 Å². The molecule has 0 fully saturated rings. The summed E-state index contributed by atoms with van der Waals surface area (Å²) >= 11 is 0. The maximum absolute atomic E-state index is 12.7. The van der Waals surface area contributed by atoms with Gasteiger partial charge in [0.2, 0.25) is 15.9 Å². The lowest BCUT2D eigenvalue weighted by molar-refractivity contribution is -0.384. The number of benzene rings is 2. The molecule has 1 amide bonds. The van der Waals surface area contributed by atoms with E-state index in [2.05, 4.69) is 5.32 Å². The standard InChI is InChI=1S/C18H21N3O7S/c1-12(18(22)19-13-6-5-7-14(10-13)21(23)24)20(29(4,25)26)16-11-15(27-2)8-9-17(16)28-3/h5-12H,1-4H3,(H,19,22)/t12-/m0/s1. The van der Waals surface area contributed by atoms with Crippen LogP contribution in [0.25, 0.3) is 0 Å². The molecule has 0 aliphatic carbocycles. The van der Waals surface area contributed by atoms with Crippen molar-refractivity contribution in [1.29, 1.82) is 0 Å². The highest BCUT2D eigenvalue weighted by atomic mass is 32.2. The molecular weight excluding hydrogens is 402 g/mol. The second-order valence-corrected chi connectivity index (χ2v) is 7.93. The Morgan fingerprint density at radius 2 is 1.86 bits per heavy atom. The number of carbonyl (C=O) groups is 1. The first-order valence-corrected chi connectivity index (χ1v) is 10.2. The number of hydrogen-bond acceptors (Lipinski definition) is 7. The lowest BCUT2D eigenvalue weighted by atomic mass is 10.2. The summed E-state index contributed by atoms with van der Waals surface area (Å²) in [5.74, 6) is -0.0761. The molecule has 0 aliphatic rings. The first kappa shape index (κ1) is 22.0. The van der Waals surface area contributed by atoms with E-state index in [1.165, 1.54) is 57.5 Å². The fourth-order valence-corrected chi connectivity index (χ4v) is 3.86. The number of non-ortho nitro benzene ring substituents is 1. The summed E-state index contributed by atoms with van der Waals surface area (Å²) in [6.07, 6.45) is 0.961. The molecule has 0 saturated carbocycles. The van der Waals surface area contributed by atoms with Gasteiger partial charge in [-0.05, 0) is 25.1 Å². The normalized spacial score (nSPS) is 12.0. The van der Waals surface area contributed by atoms with Crippen LogP contribution in [0.3, 0.4) is 0 Å². The molecule has 2 rings (SSSR count). The summed E-state index contributed by atoms with van der Waals surface area (Å²) in [6.45, 7) is 1.40. The molecule has 0 spiro atoms. The predicted octanol–water partition coefficient (Wildman–Crippen LogP) is 2.41. The van der Waals surface area contributed by atoms with Gasteiger partial charge in [0.25, 0.3) is 5.69 Å². The Balaban J connectivity index is 2.42. The van der Waals surface area contributed by atoms with Crippen molar-refractivity contribution in [3.05, 3.63) is 52.6 Å². The van der Waals surface area contributed by atoms with Crippen LogP contribution in [-0.2, 0) is 14.8 Å². The molecule has 1 atom stereocenters. The number of nitrogens with one attached hydrogen (secondary N) is 1. The Hall–Kier alpha value is -3.34. The first-order chi connectivity index (χ1) is 13.6. The highest BCUT2D eigenvalue weighted by Crippen LogP contribution is 2.35. The van der Waals surface area contributed by atoms with Crippen molar-refractivity contribution < 1.29 is 27.6 Å². The fourth-order valence-electron chi connectivity index (χ4n) is 2.69. The van der Waals surface area contributed by atoms with Crippen LogP contribution in [0.1, 0.15) is 6.92 Å². The summed E-state index contributed by atoms with van der Waals surface area (Å²) in [7, 11) is -1.10. The van der Waals surface area contributed by atoms with Gasteiger partial charge in [-0.2, -0.15) is 0 Å². The van der Waals surface area contributed by atoms with Crippen molar-refractivity contribution in [2.24, 2.45) is 0 Å². The third kappa shape index (κ3) is 5.13. The molecule has 2 aromatic carbocycles. The lowest BCUT2D eigenvalue weighted by Crippen LogP contribution is -2.45. The van der Waals surface area contributed by atoms with Crippen molar-refractivity contribution in [2.75, 3.05) is 30.1 Å². The van der Waals surface area contributed by atoms with Crippen LogP contribution in [0, 0.1) is 10.1 Å². The Bertz CT molecular complexity index is 1020. The zero-order valence-electron chi connectivity index (χ0n) is 16.3. The Kier molecular flexibility index (Phi) is 6.64. The number of ether oxygens (including phenoxy) is 2. The van der Waals surface area contributed by atoms with Gasteiger partial charge in [0.15, 0.2) is 0 Å². The van der Waals surface area contributed by atoms with E-state index >= 15 is 0 Å². The van der Waals surface area contributed by atoms with Gasteiger partial charge < -0.3 is 14.8 Å². The SMILES string of the molecule is COc1ccc(OC)c(N([C@@H](C)C(=O)Nc2cccc([N+](=O)[O-])c2)S(C)(=O)=O)c1. The topological polar surface area (TPSA) is 128 Å². The van der Waals surface area contributed by atoms with Gasteiger partial charge in [-0.3, -0.25) is 19.2 Å². The first-order valence-electron chi connectivity index (χ1n) is 8.35. The number of rotatable bonds is 8. The second-order valence-electron chi connectivity index (χ2n) is 6.07. The van der Waals surface area contributed by atoms with Gasteiger partial charge >= 0.3 is 0 Å². The molecule has 29 heavy (non-hydrogen) atoms. The van der Waals surface area contributed by atoms with Crippen LogP contribution in [0.5, 0.6) is 11.5 Å². The van der Waals surface area contributed by atoms with E-state index in [1.54, 1.807) is 6.07 Å². The average Bonchev–Trinajstić information content (AvgIpc) is 2.67. The molecule has 11 heteroatoms. The quantitative estimate of drug-likeness (QED) is 0.510. The smallest absolute Gasteiger partial charge is 0.271 e. The van der Waals surface area contributed by atoms with E-state index in [0.717, 1.165) is 10.6 Å². The molecule has 0 unspecified atom stereocenters. The maximum atomic E-state index is 12.7. The molecule has 0 aliphatic heterocycles. The van der Waals surface area contributed by atoms with E-state index in [0.29, 0.717) is 5.75 Å². The van der Waals surface area contributed by atoms with Crippen molar-refractivity contribution in [3.8, 4) is 11.5 Å². The molecule has 1 N–H and O–H groups in total. The summed E-state index contributed by atoms with van der Waals surface area (Å²) in [5, 5.41) is 13.4. The third-order valence-electron chi connectivity index (χ3n) is 4.04. The molecule has 0 bridgehead atoms. The monoisotopic (exact) mass is 423 g/mol. The van der Waals surface area contributed by atoms with E-state index in [-0.39, 0.29) is 22.8 Å². The van der Waals surface area contributed by atoms with Crippen LogP contribution in [-0.4, -0.2) is 45.8 Å². The van der Waals surface area contributed by atoms with Crippen LogP contribution in [0.4, 0.5) is 17.1 Å². The zero-order chi connectivity index (χ0) is 21.8. The second kappa shape index (κ2) is 8.78. The highest BCUT2D eigenvalue weighted by Gasteiger charge is 2.32. The minimum absolute atomic E-state index is 0.121. The van der Waals surface area contributed by atoms with Gasteiger partial charge in [0.05, 0.1) is 31.1 Å². The van der Waals surface area contributed by atoms with Crippen molar-refractivity contribution >= 4 is 33.0 Å². The maximum Gasteiger partial charge on any atom is 0.271 e.